The quantitative estimate of drug-likeness (QED) is 0.675. The van der Waals surface area contributed by atoms with Gasteiger partial charge in [0.15, 0.2) is 9.84 Å². The zero-order chi connectivity index (χ0) is 11.1. The molecule has 2 rings (SSSR count). The fraction of sp³-hybridized carbons (Fsp3) is 1.00. The molecule has 0 aromatic carbocycles. The Morgan fingerprint density at radius 1 is 1.27 bits per heavy atom. The van der Waals surface area contributed by atoms with E-state index in [4.69, 9.17) is 0 Å². The molecule has 0 saturated carbocycles. The van der Waals surface area contributed by atoms with Crippen LogP contribution in [0.5, 0.6) is 0 Å². The summed E-state index contributed by atoms with van der Waals surface area (Å²) in [6, 6.07) is 0.701. The van der Waals surface area contributed by atoms with Crippen molar-refractivity contribution in [3.63, 3.8) is 0 Å². The Morgan fingerprint density at radius 3 is 2.53 bits per heavy atom. The largest absolute Gasteiger partial charge is 0.315 e. The summed E-state index contributed by atoms with van der Waals surface area (Å²) in [5.74, 6) is 1.30. The third-order valence-corrected chi connectivity index (χ3v) is 5.42. The van der Waals surface area contributed by atoms with Gasteiger partial charge in [-0.3, -0.25) is 4.90 Å². The number of rotatable bonds is 1. The van der Waals surface area contributed by atoms with E-state index in [-0.39, 0.29) is 6.04 Å². The van der Waals surface area contributed by atoms with Gasteiger partial charge in [-0.1, -0.05) is 6.92 Å². The van der Waals surface area contributed by atoms with Crippen molar-refractivity contribution < 1.29 is 8.42 Å². The van der Waals surface area contributed by atoms with Crippen LogP contribution in [-0.4, -0.2) is 56.5 Å². The molecular weight excluding hydrogens is 212 g/mol. The van der Waals surface area contributed by atoms with Gasteiger partial charge < -0.3 is 5.32 Å². The summed E-state index contributed by atoms with van der Waals surface area (Å²) >= 11 is 0. The van der Waals surface area contributed by atoms with Crippen molar-refractivity contribution in [2.75, 3.05) is 31.1 Å². The molecule has 15 heavy (non-hydrogen) atoms. The molecule has 1 N–H and O–H groups in total. The first-order valence-corrected chi connectivity index (χ1v) is 7.48. The second kappa shape index (κ2) is 4.03. The summed E-state index contributed by atoms with van der Waals surface area (Å²) in [6.07, 6.45) is 0. The van der Waals surface area contributed by atoms with Crippen molar-refractivity contribution in [3.05, 3.63) is 0 Å². The van der Waals surface area contributed by atoms with Gasteiger partial charge in [0.05, 0.1) is 11.5 Å². The minimum atomic E-state index is -2.77. The molecule has 2 aliphatic heterocycles. The van der Waals surface area contributed by atoms with Gasteiger partial charge in [-0.05, 0) is 19.4 Å². The molecule has 5 heteroatoms. The van der Waals surface area contributed by atoms with Crippen molar-refractivity contribution in [2.24, 2.45) is 5.92 Å². The number of hydrogen-bond acceptors (Lipinski definition) is 4. The van der Waals surface area contributed by atoms with Crippen LogP contribution in [0, 0.1) is 5.92 Å². The molecule has 4 nitrogen and oxygen atoms in total. The molecule has 0 spiro atoms. The average Bonchev–Trinajstić information content (AvgIpc) is 2.50. The first kappa shape index (κ1) is 11.4. The van der Waals surface area contributed by atoms with Crippen molar-refractivity contribution in [1.82, 2.24) is 10.2 Å². The van der Waals surface area contributed by atoms with Crippen LogP contribution in [0.25, 0.3) is 0 Å². The zero-order valence-electron chi connectivity index (χ0n) is 9.44. The number of sulfone groups is 1. The van der Waals surface area contributed by atoms with E-state index in [1.54, 1.807) is 0 Å². The Kier molecular flexibility index (Phi) is 3.05. The predicted molar refractivity (Wildman–Crippen MR) is 60.6 cm³/mol. The first-order chi connectivity index (χ1) is 6.99. The molecule has 0 amide bonds. The molecule has 0 aromatic rings. The van der Waals surface area contributed by atoms with Crippen molar-refractivity contribution >= 4 is 9.84 Å². The molecule has 3 atom stereocenters. The monoisotopic (exact) mass is 232 g/mol. The fourth-order valence-electron chi connectivity index (χ4n) is 2.74. The molecule has 3 unspecified atom stereocenters. The van der Waals surface area contributed by atoms with Gasteiger partial charge in [-0.15, -0.1) is 0 Å². The number of nitrogens with zero attached hydrogens (tertiary/aromatic N) is 1. The molecular formula is C10H20N2O2S. The van der Waals surface area contributed by atoms with Gasteiger partial charge in [0.25, 0.3) is 0 Å². The Hall–Kier alpha value is -0.130. The predicted octanol–water partition coefficient (Wildman–Crippen LogP) is -0.287. The molecule has 2 aliphatic rings. The standard InChI is InChI=1S/C10H20N2O2S/c1-8-5-11-6-10(8)12-3-4-15(13,14)7-9(12)2/h8-11H,3-7H2,1-2H3. The second-order valence-electron chi connectivity index (χ2n) is 4.90. The van der Waals surface area contributed by atoms with Crippen molar-refractivity contribution in [3.8, 4) is 0 Å². The highest BCUT2D eigenvalue weighted by Crippen LogP contribution is 2.21. The maximum atomic E-state index is 11.5. The highest BCUT2D eigenvalue weighted by molar-refractivity contribution is 7.91. The van der Waals surface area contributed by atoms with E-state index < -0.39 is 9.84 Å². The lowest BCUT2D eigenvalue weighted by molar-refractivity contribution is 0.142. The van der Waals surface area contributed by atoms with E-state index in [1.807, 2.05) is 6.92 Å². The van der Waals surface area contributed by atoms with Crippen LogP contribution >= 0.6 is 0 Å². The van der Waals surface area contributed by atoms with E-state index >= 15 is 0 Å². The summed E-state index contributed by atoms with van der Waals surface area (Å²) in [7, 11) is -2.77. The third kappa shape index (κ3) is 2.34. The van der Waals surface area contributed by atoms with E-state index in [1.165, 1.54) is 0 Å². The van der Waals surface area contributed by atoms with Crippen molar-refractivity contribution in [2.45, 2.75) is 25.9 Å². The van der Waals surface area contributed by atoms with Crippen LogP contribution < -0.4 is 5.32 Å². The SMILES string of the molecule is CC1CNCC1N1CCS(=O)(=O)CC1C. The van der Waals surface area contributed by atoms with Gasteiger partial charge >= 0.3 is 0 Å². The smallest absolute Gasteiger partial charge is 0.153 e. The zero-order valence-corrected chi connectivity index (χ0v) is 10.3. The molecule has 0 radical (unpaired) electrons. The van der Waals surface area contributed by atoms with Crippen LogP contribution in [0.4, 0.5) is 0 Å². The van der Waals surface area contributed by atoms with E-state index in [0.29, 0.717) is 30.0 Å². The highest BCUT2D eigenvalue weighted by Gasteiger charge is 2.36. The highest BCUT2D eigenvalue weighted by atomic mass is 32.2. The Balaban J connectivity index is 2.05. The molecule has 2 fully saturated rings. The van der Waals surface area contributed by atoms with Gasteiger partial charge in [0.2, 0.25) is 0 Å². The molecule has 2 saturated heterocycles. The molecule has 88 valence electrons. The Bertz CT molecular complexity index is 328. The topological polar surface area (TPSA) is 49.4 Å². The first-order valence-electron chi connectivity index (χ1n) is 5.66. The Morgan fingerprint density at radius 2 is 2.00 bits per heavy atom. The lowest BCUT2D eigenvalue weighted by atomic mass is 10.0. The maximum Gasteiger partial charge on any atom is 0.153 e. The Labute approximate surface area is 91.9 Å². The average molecular weight is 232 g/mol. The summed E-state index contributed by atoms with van der Waals surface area (Å²) < 4.78 is 22.9. The molecule has 2 heterocycles. The number of hydrogen-bond donors (Lipinski definition) is 1. The van der Waals surface area contributed by atoms with E-state index in [0.717, 1.165) is 13.1 Å². The third-order valence-electron chi connectivity index (χ3n) is 3.62. The maximum absolute atomic E-state index is 11.5. The molecule has 0 bridgehead atoms. The lowest BCUT2D eigenvalue weighted by Gasteiger charge is -2.39. The normalized spacial score (nSPS) is 41.9. The van der Waals surface area contributed by atoms with E-state index in [2.05, 4.69) is 17.1 Å². The van der Waals surface area contributed by atoms with Crippen LogP contribution in [-0.2, 0) is 9.84 Å². The summed E-state index contributed by atoms with van der Waals surface area (Å²) in [5.41, 5.74) is 0. The van der Waals surface area contributed by atoms with Gasteiger partial charge in [-0.2, -0.15) is 0 Å². The number of nitrogens with one attached hydrogen (secondary N) is 1. The van der Waals surface area contributed by atoms with E-state index in [9.17, 15) is 8.42 Å². The lowest BCUT2D eigenvalue weighted by Crippen LogP contribution is -2.53. The van der Waals surface area contributed by atoms with Crippen LogP contribution in [0.15, 0.2) is 0 Å². The van der Waals surface area contributed by atoms with Crippen LogP contribution in [0.3, 0.4) is 0 Å². The fourth-order valence-corrected chi connectivity index (χ4v) is 4.33. The molecule has 0 aliphatic carbocycles. The minimum Gasteiger partial charge on any atom is -0.315 e. The minimum absolute atomic E-state index is 0.177. The van der Waals surface area contributed by atoms with Crippen LogP contribution in [0.1, 0.15) is 13.8 Å². The second-order valence-corrected chi connectivity index (χ2v) is 7.13. The van der Waals surface area contributed by atoms with Gasteiger partial charge in [0, 0.05) is 25.2 Å². The molecule has 0 aromatic heterocycles. The van der Waals surface area contributed by atoms with Crippen LogP contribution in [0.2, 0.25) is 0 Å². The van der Waals surface area contributed by atoms with Gasteiger partial charge in [0.1, 0.15) is 0 Å². The van der Waals surface area contributed by atoms with Crippen molar-refractivity contribution in [1.29, 1.82) is 0 Å². The summed E-state index contributed by atoms with van der Waals surface area (Å²) in [6.45, 7) is 7.04. The summed E-state index contributed by atoms with van der Waals surface area (Å²) in [4.78, 5) is 2.37. The summed E-state index contributed by atoms with van der Waals surface area (Å²) in [5, 5.41) is 3.37. The van der Waals surface area contributed by atoms with Gasteiger partial charge in [-0.25, -0.2) is 8.42 Å².